The lowest BCUT2D eigenvalue weighted by molar-refractivity contribution is -0.0807. The molecule has 1 aliphatic heterocycles. The van der Waals surface area contributed by atoms with Gasteiger partial charge in [0.2, 0.25) is 0 Å². The standard InChI is InChI=1S/C12H16N4O2/c1-17-12(4-6-18-7-5-12)9-14-11-3-2-10(8-13)15-16-11/h2-3H,4-7,9H2,1H3,(H,14,16). The van der Waals surface area contributed by atoms with Gasteiger partial charge in [-0.2, -0.15) is 5.26 Å². The van der Waals surface area contributed by atoms with Crippen molar-refractivity contribution in [3.05, 3.63) is 17.8 Å². The van der Waals surface area contributed by atoms with Crippen LogP contribution in [0.15, 0.2) is 12.1 Å². The lowest BCUT2D eigenvalue weighted by Crippen LogP contribution is -2.44. The topological polar surface area (TPSA) is 80.1 Å². The Morgan fingerprint density at radius 2 is 2.22 bits per heavy atom. The van der Waals surface area contributed by atoms with Crippen LogP contribution in [-0.2, 0) is 9.47 Å². The average molecular weight is 248 g/mol. The minimum Gasteiger partial charge on any atom is -0.381 e. The molecule has 18 heavy (non-hydrogen) atoms. The van der Waals surface area contributed by atoms with Gasteiger partial charge in [0.1, 0.15) is 11.9 Å². The van der Waals surface area contributed by atoms with Crippen LogP contribution in [-0.4, -0.2) is 42.7 Å². The number of aromatic nitrogens is 2. The molecule has 0 spiro atoms. The maximum absolute atomic E-state index is 8.63. The molecule has 0 aliphatic carbocycles. The van der Waals surface area contributed by atoms with E-state index in [0.717, 1.165) is 12.8 Å². The number of nitrogens with zero attached hydrogens (tertiary/aromatic N) is 3. The van der Waals surface area contributed by atoms with E-state index in [1.807, 2.05) is 6.07 Å². The molecule has 0 atom stereocenters. The van der Waals surface area contributed by atoms with E-state index < -0.39 is 0 Å². The van der Waals surface area contributed by atoms with Crippen LogP contribution in [0.25, 0.3) is 0 Å². The molecule has 2 rings (SSSR count). The van der Waals surface area contributed by atoms with Gasteiger partial charge in [-0.1, -0.05) is 0 Å². The Bertz CT molecular complexity index is 421. The largest absolute Gasteiger partial charge is 0.381 e. The third-order valence-electron chi connectivity index (χ3n) is 3.21. The highest BCUT2D eigenvalue weighted by molar-refractivity contribution is 5.35. The first-order valence-electron chi connectivity index (χ1n) is 5.89. The molecular formula is C12H16N4O2. The number of anilines is 1. The van der Waals surface area contributed by atoms with Crippen LogP contribution >= 0.6 is 0 Å². The number of nitrogens with one attached hydrogen (secondary N) is 1. The van der Waals surface area contributed by atoms with Crippen molar-refractivity contribution in [2.45, 2.75) is 18.4 Å². The molecule has 2 heterocycles. The van der Waals surface area contributed by atoms with Gasteiger partial charge >= 0.3 is 0 Å². The van der Waals surface area contributed by atoms with E-state index in [9.17, 15) is 0 Å². The fourth-order valence-corrected chi connectivity index (χ4v) is 1.93. The zero-order valence-corrected chi connectivity index (χ0v) is 10.3. The van der Waals surface area contributed by atoms with E-state index in [2.05, 4.69) is 15.5 Å². The van der Waals surface area contributed by atoms with Crippen molar-refractivity contribution in [1.82, 2.24) is 10.2 Å². The number of hydrogen-bond acceptors (Lipinski definition) is 6. The van der Waals surface area contributed by atoms with Crippen molar-refractivity contribution in [2.75, 3.05) is 32.2 Å². The highest BCUT2D eigenvalue weighted by Gasteiger charge is 2.32. The van der Waals surface area contributed by atoms with Gasteiger partial charge in [-0.05, 0) is 12.1 Å². The number of rotatable bonds is 4. The maximum atomic E-state index is 8.63. The lowest BCUT2D eigenvalue weighted by Gasteiger charge is -2.36. The summed E-state index contributed by atoms with van der Waals surface area (Å²) in [6, 6.07) is 5.32. The highest BCUT2D eigenvalue weighted by Crippen LogP contribution is 2.24. The van der Waals surface area contributed by atoms with Gasteiger partial charge in [0.05, 0.1) is 5.60 Å². The summed E-state index contributed by atoms with van der Waals surface area (Å²) in [5, 5.41) is 19.5. The summed E-state index contributed by atoms with van der Waals surface area (Å²) in [5.74, 6) is 0.650. The minimum absolute atomic E-state index is 0.201. The summed E-state index contributed by atoms with van der Waals surface area (Å²) in [6.45, 7) is 2.09. The van der Waals surface area contributed by atoms with Crippen LogP contribution in [0.2, 0.25) is 0 Å². The van der Waals surface area contributed by atoms with Crippen LogP contribution in [0.4, 0.5) is 5.82 Å². The van der Waals surface area contributed by atoms with Gasteiger partial charge in [0, 0.05) is 39.7 Å². The molecule has 0 aromatic carbocycles. The summed E-state index contributed by atoms with van der Waals surface area (Å²) < 4.78 is 10.9. The summed E-state index contributed by atoms with van der Waals surface area (Å²) in [5.41, 5.74) is 0.112. The maximum Gasteiger partial charge on any atom is 0.163 e. The smallest absolute Gasteiger partial charge is 0.163 e. The molecular weight excluding hydrogens is 232 g/mol. The van der Waals surface area contributed by atoms with Crippen LogP contribution in [0.3, 0.4) is 0 Å². The molecule has 1 aliphatic rings. The second kappa shape index (κ2) is 5.76. The van der Waals surface area contributed by atoms with Crippen LogP contribution in [0.5, 0.6) is 0 Å². The summed E-state index contributed by atoms with van der Waals surface area (Å²) in [4.78, 5) is 0. The monoisotopic (exact) mass is 248 g/mol. The van der Waals surface area contributed by atoms with Gasteiger partial charge in [-0.3, -0.25) is 0 Å². The van der Waals surface area contributed by atoms with Crippen molar-refractivity contribution < 1.29 is 9.47 Å². The molecule has 0 unspecified atom stereocenters. The first-order chi connectivity index (χ1) is 8.78. The molecule has 1 aromatic rings. The molecule has 0 amide bonds. The first kappa shape index (κ1) is 12.7. The molecule has 0 bridgehead atoms. The minimum atomic E-state index is -0.201. The molecule has 96 valence electrons. The lowest BCUT2D eigenvalue weighted by atomic mass is 9.94. The predicted molar refractivity (Wildman–Crippen MR) is 65.0 cm³/mol. The average Bonchev–Trinajstić information content (AvgIpc) is 2.47. The summed E-state index contributed by atoms with van der Waals surface area (Å²) >= 11 is 0. The molecule has 1 fully saturated rings. The van der Waals surface area contributed by atoms with E-state index in [-0.39, 0.29) is 5.60 Å². The normalized spacial score (nSPS) is 18.0. The zero-order valence-electron chi connectivity index (χ0n) is 10.3. The van der Waals surface area contributed by atoms with Crippen LogP contribution in [0.1, 0.15) is 18.5 Å². The number of hydrogen-bond donors (Lipinski definition) is 1. The van der Waals surface area contributed by atoms with Gasteiger partial charge in [-0.25, -0.2) is 0 Å². The van der Waals surface area contributed by atoms with Crippen molar-refractivity contribution in [3.63, 3.8) is 0 Å². The molecule has 6 heteroatoms. The van der Waals surface area contributed by atoms with Gasteiger partial charge in [0.15, 0.2) is 5.69 Å². The second-order valence-corrected chi connectivity index (χ2v) is 4.27. The molecule has 0 saturated carbocycles. The van der Waals surface area contributed by atoms with Crippen LogP contribution < -0.4 is 5.32 Å². The molecule has 1 aromatic heterocycles. The Hall–Kier alpha value is -1.71. The molecule has 1 N–H and O–H groups in total. The Labute approximate surface area is 106 Å². The van der Waals surface area contributed by atoms with Gasteiger partial charge < -0.3 is 14.8 Å². The quantitative estimate of drug-likeness (QED) is 0.854. The fraction of sp³-hybridized carbons (Fsp3) is 0.583. The van der Waals surface area contributed by atoms with Crippen molar-refractivity contribution in [3.8, 4) is 6.07 Å². The summed E-state index contributed by atoms with van der Waals surface area (Å²) in [6.07, 6.45) is 1.72. The third kappa shape index (κ3) is 2.94. The number of methoxy groups -OCH3 is 1. The Morgan fingerprint density at radius 1 is 1.44 bits per heavy atom. The second-order valence-electron chi connectivity index (χ2n) is 4.27. The van der Waals surface area contributed by atoms with Gasteiger partial charge in [-0.15, -0.1) is 10.2 Å². The predicted octanol–water partition coefficient (Wildman–Crippen LogP) is 0.956. The zero-order chi connectivity index (χ0) is 12.8. The highest BCUT2D eigenvalue weighted by atomic mass is 16.5. The van der Waals surface area contributed by atoms with E-state index in [0.29, 0.717) is 31.3 Å². The van der Waals surface area contributed by atoms with Gasteiger partial charge in [0.25, 0.3) is 0 Å². The first-order valence-corrected chi connectivity index (χ1v) is 5.89. The fourth-order valence-electron chi connectivity index (χ4n) is 1.93. The number of ether oxygens (including phenoxy) is 2. The van der Waals surface area contributed by atoms with E-state index >= 15 is 0 Å². The molecule has 0 radical (unpaired) electrons. The van der Waals surface area contributed by atoms with Crippen molar-refractivity contribution in [1.29, 1.82) is 5.26 Å². The van der Waals surface area contributed by atoms with E-state index in [1.165, 1.54) is 0 Å². The Kier molecular flexibility index (Phi) is 4.07. The Morgan fingerprint density at radius 3 is 2.78 bits per heavy atom. The summed E-state index contributed by atoms with van der Waals surface area (Å²) in [7, 11) is 1.72. The number of nitriles is 1. The van der Waals surface area contributed by atoms with Crippen LogP contribution in [0, 0.1) is 11.3 Å². The Balaban J connectivity index is 1.94. The van der Waals surface area contributed by atoms with E-state index in [1.54, 1.807) is 19.2 Å². The van der Waals surface area contributed by atoms with Crippen molar-refractivity contribution >= 4 is 5.82 Å². The molecule has 6 nitrogen and oxygen atoms in total. The van der Waals surface area contributed by atoms with Crippen molar-refractivity contribution in [2.24, 2.45) is 0 Å². The third-order valence-corrected chi connectivity index (χ3v) is 3.21. The SMILES string of the molecule is COC1(CNc2ccc(C#N)nn2)CCOCC1. The van der Waals surface area contributed by atoms with E-state index in [4.69, 9.17) is 14.7 Å². The molecule has 1 saturated heterocycles.